The standard InChI is InChI=1S/C30H43N3O5/c1-10-17-33(28(35)25(19(2)3)32-29(36)38-30(6,7)8)26(24-18-20(4)11-12-21(24)5)27(34)31-22-13-15-23(37-9)16-14-22/h11-16,18-19,25-26H,10,17H2,1-9H3,(H,31,34)(H,32,36). The molecule has 0 saturated heterocycles. The zero-order valence-electron chi connectivity index (χ0n) is 24.2. The van der Waals surface area contributed by atoms with Crippen LogP contribution in [-0.4, -0.2) is 48.1 Å². The van der Waals surface area contributed by atoms with Gasteiger partial charge in [0.05, 0.1) is 7.11 Å². The van der Waals surface area contributed by atoms with Gasteiger partial charge in [0.25, 0.3) is 5.91 Å². The summed E-state index contributed by atoms with van der Waals surface area (Å²) in [4.78, 5) is 42.2. The predicted molar refractivity (Wildman–Crippen MR) is 150 cm³/mol. The van der Waals surface area contributed by atoms with E-state index < -0.39 is 23.8 Å². The van der Waals surface area contributed by atoms with Crippen LogP contribution < -0.4 is 15.4 Å². The Morgan fingerprint density at radius 2 is 1.63 bits per heavy atom. The summed E-state index contributed by atoms with van der Waals surface area (Å²) in [6, 6.07) is 11.1. The number of anilines is 1. The Hall–Kier alpha value is -3.55. The molecule has 2 aromatic rings. The normalized spacial score (nSPS) is 12.9. The van der Waals surface area contributed by atoms with Crippen LogP contribution in [0, 0.1) is 19.8 Å². The van der Waals surface area contributed by atoms with Crippen molar-refractivity contribution in [2.45, 2.75) is 79.5 Å². The van der Waals surface area contributed by atoms with Crippen LogP contribution in [0.3, 0.4) is 0 Å². The monoisotopic (exact) mass is 525 g/mol. The van der Waals surface area contributed by atoms with Crippen molar-refractivity contribution in [1.82, 2.24) is 10.2 Å². The third-order valence-corrected chi connectivity index (χ3v) is 6.00. The fraction of sp³-hybridized carbons (Fsp3) is 0.500. The van der Waals surface area contributed by atoms with E-state index in [1.807, 2.05) is 52.8 Å². The minimum absolute atomic E-state index is 0.238. The zero-order chi connectivity index (χ0) is 28.6. The molecule has 0 bridgehead atoms. The van der Waals surface area contributed by atoms with Crippen molar-refractivity contribution in [2.75, 3.05) is 19.0 Å². The van der Waals surface area contributed by atoms with Gasteiger partial charge in [-0.3, -0.25) is 9.59 Å². The molecule has 38 heavy (non-hydrogen) atoms. The van der Waals surface area contributed by atoms with E-state index >= 15 is 0 Å². The average Bonchev–Trinajstić information content (AvgIpc) is 2.83. The average molecular weight is 526 g/mol. The number of carbonyl (C=O) groups is 3. The summed E-state index contributed by atoms with van der Waals surface area (Å²) >= 11 is 0. The van der Waals surface area contributed by atoms with E-state index in [2.05, 4.69) is 10.6 Å². The highest BCUT2D eigenvalue weighted by Gasteiger charge is 2.37. The lowest BCUT2D eigenvalue weighted by Gasteiger charge is -2.36. The minimum atomic E-state index is -0.911. The van der Waals surface area contributed by atoms with Gasteiger partial charge in [-0.1, -0.05) is 44.5 Å². The molecule has 0 radical (unpaired) electrons. The van der Waals surface area contributed by atoms with E-state index in [4.69, 9.17) is 9.47 Å². The Kier molecular flexibility index (Phi) is 10.7. The SMILES string of the molecule is CCCN(C(=O)C(NC(=O)OC(C)(C)C)C(C)C)C(C(=O)Nc1ccc(OC)cc1)c1cc(C)ccc1C. The molecule has 0 aliphatic rings. The van der Waals surface area contributed by atoms with Gasteiger partial charge in [0.15, 0.2) is 0 Å². The lowest BCUT2D eigenvalue weighted by atomic mass is 9.94. The summed E-state index contributed by atoms with van der Waals surface area (Å²) in [6.07, 6.45) is -0.0489. The number of aryl methyl sites for hydroxylation is 2. The molecule has 0 saturated carbocycles. The number of benzene rings is 2. The van der Waals surface area contributed by atoms with Gasteiger partial charge in [-0.2, -0.15) is 0 Å². The maximum absolute atomic E-state index is 14.1. The van der Waals surface area contributed by atoms with E-state index in [1.54, 1.807) is 57.0 Å². The molecular formula is C30H43N3O5. The highest BCUT2D eigenvalue weighted by Crippen LogP contribution is 2.29. The van der Waals surface area contributed by atoms with Crippen molar-refractivity contribution in [3.63, 3.8) is 0 Å². The molecule has 3 amide bonds. The first-order chi connectivity index (χ1) is 17.8. The van der Waals surface area contributed by atoms with E-state index in [0.717, 1.165) is 16.7 Å². The first-order valence-electron chi connectivity index (χ1n) is 13.1. The van der Waals surface area contributed by atoms with Crippen LogP contribution in [0.25, 0.3) is 0 Å². The molecule has 0 aliphatic carbocycles. The van der Waals surface area contributed by atoms with Gasteiger partial charge in [-0.05, 0) is 82.3 Å². The molecular weight excluding hydrogens is 482 g/mol. The fourth-order valence-electron chi connectivity index (χ4n) is 4.12. The maximum Gasteiger partial charge on any atom is 0.408 e. The second kappa shape index (κ2) is 13.3. The summed E-state index contributed by atoms with van der Waals surface area (Å²) in [7, 11) is 1.58. The van der Waals surface area contributed by atoms with Crippen LogP contribution in [-0.2, 0) is 14.3 Å². The van der Waals surface area contributed by atoms with Crippen molar-refractivity contribution >= 4 is 23.6 Å². The molecule has 8 heteroatoms. The number of carbonyl (C=O) groups excluding carboxylic acids is 3. The highest BCUT2D eigenvalue weighted by molar-refractivity contribution is 5.99. The third kappa shape index (κ3) is 8.50. The minimum Gasteiger partial charge on any atom is -0.497 e. The first kappa shape index (κ1) is 30.7. The van der Waals surface area contributed by atoms with Gasteiger partial charge < -0.3 is 25.0 Å². The van der Waals surface area contributed by atoms with Crippen LogP contribution >= 0.6 is 0 Å². The van der Waals surface area contributed by atoms with Crippen molar-refractivity contribution in [3.8, 4) is 5.75 Å². The molecule has 2 N–H and O–H groups in total. The number of ether oxygens (including phenoxy) is 2. The van der Waals surface area contributed by atoms with Gasteiger partial charge in [-0.25, -0.2) is 4.79 Å². The second-order valence-electron chi connectivity index (χ2n) is 10.9. The molecule has 0 aromatic heterocycles. The van der Waals surface area contributed by atoms with Crippen molar-refractivity contribution in [2.24, 2.45) is 5.92 Å². The smallest absolute Gasteiger partial charge is 0.408 e. The number of rotatable bonds is 10. The Labute approximate surface area is 227 Å². The number of nitrogens with one attached hydrogen (secondary N) is 2. The van der Waals surface area contributed by atoms with E-state index in [1.165, 1.54) is 0 Å². The number of alkyl carbamates (subject to hydrolysis) is 1. The molecule has 8 nitrogen and oxygen atoms in total. The number of nitrogens with zero attached hydrogens (tertiary/aromatic N) is 1. The Morgan fingerprint density at radius 3 is 2.16 bits per heavy atom. The lowest BCUT2D eigenvalue weighted by Crippen LogP contribution is -2.54. The topological polar surface area (TPSA) is 97.0 Å². The second-order valence-corrected chi connectivity index (χ2v) is 10.9. The molecule has 2 rings (SSSR count). The summed E-state index contributed by atoms with van der Waals surface area (Å²) in [6.45, 7) is 15.2. The van der Waals surface area contributed by atoms with Crippen LogP contribution in [0.4, 0.5) is 10.5 Å². The van der Waals surface area contributed by atoms with Crippen molar-refractivity contribution in [3.05, 3.63) is 59.2 Å². The molecule has 0 fully saturated rings. The van der Waals surface area contributed by atoms with E-state index in [-0.39, 0.29) is 17.7 Å². The van der Waals surface area contributed by atoms with Crippen LogP contribution in [0.5, 0.6) is 5.75 Å². The summed E-state index contributed by atoms with van der Waals surface area (Å²) in [5.41, 5.74) is 2.47. The van der Waals surface area contributed by atoms with E-state index in [0.29, 0.717) is 24.4 Å². The molecule has 0 spiro atoms. The molecule has 208 valence electrons. The summed E-state index contributed by atoms with van der Waals surface area (Å²) in [5, 5.41) is 5.72. The Bertz CT molecular complexity index is 1110. The quantitative estimate of drug-likeness (QED) is 0.410. The fourth-order valence-corrected chi connectivity index (χ4v) is 4.12. The van der Waals surface area contributed by atoms with Crippen molar-refractivity contribution < 1.29 is 23.9 Å². The number of amides is 3. The summed E-state index contributed by atoms with van der Waals surface area (Å²) < 4.78 is 10.6. The molecule has 0 heterocycles. The van der Waals surface area contributed by atoms with Crippen LogP contribution in [0.1, 0.15) is 70.7 Å². The summed E-state index contributed by atoms with van der Waals surface area (Å²) in [5.74, 6) is -0.253. The van der Waals surface area contributed by atoms with Crippen LogP contribution in [0.15, 0.2) is 42.5 Å². The van der Waals surface area contributed by atoms with Gasteiger partial charge >= 0.3 is 6.09 Å². The highest BCUT2D eigenvalue weighted by atomic mass is 16.6. The van der Waals surface area contributed by atoms with Crippen molar-refractivity contribution in [1.29, 1.82) is 0 Å². The van der Waals surface area contributed by atoms with Gasteiger partial charge in [-0.15, -0.1) is 0 Å². The largest absolute Gasteiger partial charge is 0.497 e. The van der Waals surface area contributed by atoms with Gasteiger partial charge in [0.1, 0.15) is 23.4 Å². The first-order valence-corrected chi connectivity index (χ1v) is 13.1. The molecule has 2 aromatic carbocycles. The lowest BCUT2D eigenvalue weighted by molar-refractivity contribution is -0.141. The molecule has 2 unspecified atom stereocenters. The number of hydrogen-bond acceptors (Lipinski definition) is 5. The maximum atomic E-state index is 14.1. The predicted octanol–water partition coefficient (Wildman–Crippen LogP) is 5.78. The number of methoxy groups -OCH3 is 1. The molecule has 2 atom stereocenters. The molecule has 0 aliphatic heterocycles. The third-order valence-electron chi connectivity index (χ3n) is 6.00. The van der Waals surface area contributed by atoms with E-state index in [9.17, 15) is 14.4 Å². The Morgan fingerprint density at radius 1 is 1.00 bits per heavy atom. The van der Waals surface area contributed by atoms with Gasteiger partial charge in [0.2, 0.25) is 5.91 Å². The number of hydrogen-bond donors (Lipinski definition) is 2. The van der Waals surface area contributed by atoms with Gasteiger partial charge in [0, 0.05) is 12.2 Å². The zero-order valence-corrected chi connectivity index (χ0v) is 24.2. The Balaban J connectivity index is 2.53. The van der Waals surface area contributed by atoms with Crippen LogP contribution in [0.2, 0.25) is 0 Å².